The first-order valence-electron chi connectivity index (χ1n) is 6.42. The molecule has 0 radical (unpaired) electrons. The third kappa shape index (κ3) is 3.07. The van der Waals surface area contributed by atoms with E-state index >= 15 is 0 Å². The fourth-order valence-corrected chi connectivity index (χ4v) is 2.33. The molecule has 0 bridgehead atoms. The maximum absolute atomic E-state index is 12.3. The normalized spacial score (nSPS) is 24.7. The molecular formula is C14H20N2O2. The lowest BCUT2D eigenvalue weighted by Gasteiger charge is -2.22. The van der Waals surface area contributed by atoms with Gasteiger partial charge in [0.1, 0.15) is 0 Å². The Morgan fingerprint density at radius 2 is 2.22 bits per heavy atom. The van der Waals surface area contributed by atoms with Crippen LogP contribution in [0.4, 0.5) is 0 Å². The number of likely N-dealkylation sites (tertiary alicyclic amines) is 1. The van der Waals surface area contributed by atoms with Gasteiger partial charge in [0.2, 0.25) is 0 Å². The Morgan fingerprint density at radius 3 is 2.94 bits per heavy atom. The van der Waals surface area contributed by atoms with Crippen LogP contribution in [0.15, 0.2) is 18.3 Å². The summed E-state index contributed by atoms with van der Waals surface area (Å²) in [6.45, 7) is 5.06. The van der Waals surface area contributed by atoms with Crippen molar-refractivity contribution in [1.29, 1.82) is 0 Å². The molecule has 0 spiro atoms. The number of aromatic nitrogens is 1. The number of hydrogen-bond acceptors (Lipinski definition) is 3. The number of carbonyl (C=O) groups excluding carboxylic acids is 1. The van der Waals surface area contributed by atoms with Crippen LogP contribution in [0.25, 0.3) is 0 Å². The molecule has 0 aromatic carbocycles. The van der Waals surface area contributed by atoms with E-state index in [-0.39, 0.29) is 5.91 Å². The average molecular weight is 248 g/mol. The Hall–Kier alpha value is -1.42. The van der Waals surface area contributed by atoms with E-state index in [1.807, 2.05) is 24.8 Å². The van der Waals surface area contributed by atoms with E-state index in [2.05, 4.69) is 4.98 Å². The van der Waals surface area contributed by atoms with Gasteiger partial charge in [-0.2, -0.15) is 0 Å². The number of pyridine rings is 1. The van der Waals surface area contributed by atoms with Crippen LogP contribution < -0.4 is 0 Å². The summed E-state index contributed by atoms with van der Waals surface area (Å²) in [6.07, 6.45) is 3.91. The molecule has 0 aliphatic carbocycles. The van der Waals surface area contributed by atoms with Gasteiger partial charge in [0, 0.05) is 30.5 Å². The Balaban J connectivity index is 2.10. The highest BCUT2D eigenvalue weighted by Gasteiger charge is 2.27. The van der Waals surface area contributed by atoms with E-state index in [1.165, 1.54) is 0 Å². The summed E-state index contributed by atoms with van der Waals surface area (Å²) in [5, 5.41) is 10.0. The third-order valence-electron chi connectivity index (χ3n) is 3.49. The number of aliphatic hydroxyl groups is 1. The summed E-state index contributed by atoms with van der Waals surface area (Å²) in [5.74, 6) is 0.0400. The summed E-state index contributed by atoms with van der Waals surface area (Å²) in [6, 6.07) is 3.56. The molecule has 2 heterocycles. The van der Waals surface area contributed by atoms with Crippen molar-refractivity contribution >= 4 is 5.91 Å². The molecule has 1 saturated heterocycles. The number of carbonyl (C=O) groups is 1. The average Bonchev–Trinajstić information content (AvgIpc) is 2.49. The zero-order chi connectivity index (χ0) is 13.2. The second-order valence-corrected chi connectivity index (χ2v) is 5.33. The van der Waals surface area contributed by atoms with E-state index in [0.29, 0.717) is 18.5 Å². The highest BCUT2D eigenvalue weighted by atomic mass is 16.3. The van der Waals surface area contributed by atoms with E-state index in [9.17, 15) is 9.90 Å². The van der Waals surface area contributed by atoms with Gasteiger partial charge >= 0.3 is 0 Å². The van der Waals surface area contributed by atoms with Crippen molar-refractivity contribution in [2.45, 2.75) is 38.7 Å². The second kappa shape index (κ2) is 5.06. The smallest absolute Gasteiger partial charge is 0.253 e. The molecule has 98 valence electrons. The topological polar surface area (TPSA) is 53.4 Å². The fraction of sp³-hybridized carbons (Fsp3) is 0.571. The van der Waals surface area contributed by atoms with Gasteiger partial charge in [-0.1, -0.05) is 0 Å². The number of hydrogen-bond donors (Lipinski definition) is 1. The molecule has 1 aliphatic heterocycles. The zero-order valence-electron chi connectivity index (χ0n) is 11.0. The number of aryl methyl sites for hydroxylation is 1. The molecule has 1 atom stereocenters. The summed E-state index contributed by atoms with van der Waals surface area (Å²) in [5.41, 5.74) is 0.898. The lowest BCUT2D eigenvalue weighted by Crippen LogP contribution is -2.33. The van der Waals surface area contributed by atoms with Crippen LogP contribution in [-0.2, 0) is 0 Å². The zero-order valence-corrected chi connectivity index (χ0v) is 11.0. The Labute approximate surface area is 108 Å². The highest BCUT2D eigenvalue weighted by Crippen LogP contribution is 2.22. The molecule has 1 amide bonds. The van der Waals surface area contributed by atoms with Crippen molar-refractivity contribution in [1.82, 2.24) is 9.88 Å². The maximum Gasteiger partial charge on any atom is 0.253 e. The Morgan fingerprint density at radius 1 is 1.44 bits per heavy atom. The molecule has 1 aromatic rings. The van der Waals surface area contributed by atoms with Gasteiger partial charge in [0.15, 0.2) is 0 Å². The van der Waals surface area contributed by atoms with Crippen LogP contribution >= 0.6 is 0 Å². The Bertz CT molecular complexity index is 443. The van der Waals surface area contributed by atoms with Gasteiger partial charge in [-0.15, -0.1) is 0 Å². The quantitative estimate of drug-likeness (QED) is 0.824. The molecule has 18 heavy (non-hydrogen) atoms. The largest absolute Gasteiger partial charge is 0.390 e. The van der Waals surface area contributed by atoms with E-state index in [0.717, 1.165) is 25.1 Å². The standard InChI is InChI=1S/C14H20N2O2/c1-11-10-12(4-7-15-11)13(17)16-8-3-5-14(2,18)6-9-16/h4,7,10,18H,3,5-6,8-9H2,1-2H3. The van der Waals surface area contributed by atoms with Crippen LogP contribution in [0.3, 0.4) is 0 Å². The Kier molecular flexibility index (Phi) is 3.66. The number of nitrogens with zero attached hydrogens (tertiary/aromatic N) is 2. The maximum atomic E-state index is 12.3. The van der Waals surface area contributed by atoms with Crippen LogP contribution in [0.2, 0.25) is 0 Å². The molecule has 0 saturated carbocycles. The van der Waals surface area contributed by atoms with Crippen molar-refractivity contribution in [2.24, 2.45) is 0 Å². The van der Waals surface area contributed by atoms with Crippen LogP contribution in [0.1, 0.15) is 42.2 Å². The SMILES string of the molecule is Cc1cc(C(=O)N2CCCC(C)(O)CC2)ccn1. The molecule has 1 fully saturated rings. The minimum atomic E-state index is -0.636. The number of rotatable bonds is 1. The molecule has 1 N–H and O–H groups in total. The van der Waals surface area contributed by atoms with Gasteiger partial charge in [-0.3, -0.25) is 9.78 Å². The molecule has 1 unspecified atom stereocenters. The van der Waals surface area contributed by atoms with Crippen molar-refractivity contribution in [3.8, 4) is 0 Å². The van der Waals surface area contributed by atoms with Crippen molar-refractivity contribution in [3.63, 3.8) is 0 Å². The van der Waals surface area contributed by atoms with E-state index < -0.39 is 5.60 Å². The summed E-state index contributed by atoms with van der Waals surface area (Å²) in [7, 11) is 0. The molecule has 1 aliphatic rings. The minimum Gasteiger partial charge on any atom is -0.390 e. The molecule has 1 aromatic heterocycles. The van der Waals surface area contributed by atoms with Gasteiger partial charge in [0.25, 0.3) is 5.91 Å². The van der Waals surface area contributed by atoms with Gasteiger partial charge in [0.05, 0.1) is 5.60 Å². The fourth-order valence-electron chi connectivity index (χ4n) is 2.33. The van der Waals surface area contributed by atoms with Gasteiger partial charge < -0.3 is 10.0 Å². The second-order valence-electron chi connectivity index (χ2n) is 5.33. The first-order chi connectivity index (χ1) is 8.48. The van der Waals surface area contributed by atoms with Crippen molar-refractivity contribution in [2.75, 3.05) is 13.1 Å². The summed E-state index contributed by atoms with van der Waals surface area (Å²) in [4.78, 5) is 18.3. The van der Waals surface area contributed by atoms with Crippen LogP contribution in [0.5, 0.6) is 0 Å². The van der Waals surface area contributed by atoms with Crippen molar-refractivity contribution < 1.29 is 9.90 Å². The predicted molar refractivity (Wildman–Crippen MR) is 69.4 cm³/mol. The minimum absolute atomic E-state index is 0.0400. The summed E-state index contributed by atoms with van der Waals surface area (Å²) < 4.78 is 0. The van der Waals surface area contributed by atoms with Crippen molar-refractivity contribution in [3.05, 3.63) is 29.6 Å². The predicted octanol–water partition coefficient (Wildman–Crippen LogP) is 1.77. The molecule has 4 nitrogen and oxygen atoms in total. The highest BCUT2D eigenvalue weighted by molar-refractivity contribution is 5.94. The van der Waals surface area contributed by atoms with Gasteiger partial charge in [-0.25, -0.2) is 0 Å². The molecular weight excluding hydrogens is 228 g/mol. The van der Waals surface area contributed by atoms with Crippen LogP contribution in [-0.4, -0.2) is 39.6 Å². The lowest BCUT2D eigenvalue weighted by atomic mass is 9.98. The molecule has 2 rings (SSSR count). The first-order valence-corrected chi connectivity index (χ1v) is 6.42. The van der Waals surface area contributed by atoms with E-state index in [4.69, 9.17) is 0 Å². The first kappa shape index (κ1) is 13.0. The monoisotopic (exact) mass is 248 g/mol. The van der Waals surface area contributed by atoms with E-state index in [1.54, 1.807) is 12.3 Å². The van der Waals surface area contributed by atoms with Crippen LogP contribution in [0, 0.1) is 6.92 Å². The number of amides is 1. The summed E-state index contributed by atoms with van der Waals surface area (Å²) >= 11 is 0. The third-order valence-corrected chi connectivity index (χ3v) is 3.49. The lowest BCUT2D eigenvalue weighted by molar-refractivity contribution is 0.0438. The van der Waals surface area contributed by atoms with Gasteiger partial charge in [-0.05, 0) is 45.2 Å². The molecule has 4 heteroatoms.